The molecule has 0 saturated carbocycles. The molecule has 1 amide bonds. The van der Waals surface area contributed by atoms with E-state index in [9.17, 15) is 4.79 Å². The molecule has 2 aromatic carbocycles. The number of carbonyl (C=O) groups excluding carboxylic acids is 1. The Morgan fingerprint density at radius 3 is 2.75 bits per heavy atom. The number of hydrogen-bond donors (Lipinski definition) is 3. The van der Waals surface area contributed by atoms with Gasteiger partial charge in [-0.25, -0.2) is 0 Å². The molecule has 0 radical (unpaired) electrons. The maximum atomic E-state index is 12.7. The zero-order valence-corrected chi connectivity index (χ0v) is 13.8. The molecule has 6 nitrogen and oxygen atoms in total. The van der Waals surface area contributed by atoms with Crippen LogP contribution < -0.4 is 11.1 Å². The summed E-state index contributed by atoms with van der Waals surface area (Å²) in [7, 11) is 0. The average molecular weight is 342 g/mol. The van der Waals surface area contributed by atoms with Gasteiger partial charge in [0, 0.05) is 5.69 Å². The van der Waals surface area contributed by atoms with Crippen molar-refractivity contribution in [2.45, 2.75) is 18.9 Å². The van der Waals surface area contributed by atoms with Crippen molar-refractivity contribution in [3.05, 3.63) is 53.6 Å². The SMILES string of the molecule is NCCC(C(=O)Nc1ccc2nnsc2c1)c1ccc(CO)cc1. The Balaban J connectivity index is 1.80. The van der Waals surface area contributed by atoms with Crippen molar-refractivity contribution >= 4 is 33.3 Å². The van der Waals surface area contributed by atoms with Gasteiger partial charge in [-0.2, -0.15) is 0 Å². The maximum Gasteiger partial charge on any atom is 0.231 e. The Kier molecular flexibility index (Phi) is 5.14. The molecule has 1 atom stereocenters. The van der Waals surface area contributed by atoms with Gasteiger partial charge in [0.1, 0.15) is 5.52 Å². The Morgan fingerprint density at radius 2 is 2.04 bits per heavy atom. The summed E-state index contributed by atoms with van der Waals surface area (Å²) in [5.74, 6) is -0.438. The van der Waals surface area contributed by atoms with Gasteiger partial charge >= 0.3 is 0 Å². The van der Waals surface area contributed by atoms with Crippen LogP contribution in [0.4, 0.5) is 5.69 Å². The van der Waals surface area contributed by atoms with Gasteiger partial charge in [0.05, 0.1) is 17.2 Å². The van der Waals surface area contributed by atoms with Crippen LogP contribution >= 0.6 is 11.5 Å². The molecule has 3 aromatic rings. The molecule has 4 N–H and O–H groups in total. The van der Waals surface area contributed by atoms with Crippen molar-refractivity contribution < 1.29 is 9.90 Å². The normalized spacial score (nSPS) is 12.2. The molecule has 0 fully saturated rings. The van der Waals surface area contributed by atoms with Crippen molar-refractivity contribution in [2.24, 2.45) is 5.73 Å². The van der Waals surface area contributed by atoms with Gasteiger partial charge < -0.3 is 16.2 Å². The van der Waals surface area contributed by atoms with E-state index in [-0.39, 0.29) is 18.4 Å². The number of rotatable bonds is 6. The number of fused-ring (bicyclic) bond motifs is 1. The number of aromatic nitrogens is 2. The molecule has 0 saturated heterocycles. The quantitative estimate of drug-likeness (QED) is 0.638. The highest BCUT2D eigenvalue weighted by Crippen LogP contribution is 2.24. The second kappa shape index (κ2) is 7.48. The summed E-state index contributed by atoms with van der Waals surface area (Å²) in [4.78, 5) is 12.7. The number of nitrogens with one attached hydrogen (secondary N) is 1. The van der Waals surface area contributed by atoms with Crippen LogP contribution in [-0.2, 0) is 11.4 Å². The van der Waals surface area contributed by atoms with E-state index in [1.165, 1.54) is 11.5 Å². The number of benzene rings is 2. The minimum Gasteiger partial charge on any atom is -0.392 e. The molecule has 124 valence electrons. The van der Waals surface area contributed by atoms with Crippen LogP contribution in [0.2, 0.25) is 0 Å². The van der Waals surface area contributed by atoms with Crippen molar-refractivity contribution in [3.8, 4) is 0 Å². The Labute approximate surface area is 143 Å². The van der Waals surface area contributed by atoms with E-state index < -0.39 is 0 Å². The highest BCUT2D eigenvalue weighted by atomic mass is 32.1. The monoisotopic (exact) mass is 342 g/mol. The first-order valence-corrected chi connectivity index (χ1v) is 8.41. The van der Waals surface area contributed by atoms with Crippen LogP contribution in [0.1, 0.15) is 23.5 Å². The topological polar surface area (TPSA) is 101 Å². The lowest BCUT2D eigenvalue weighted by molar-refractivity contribution is -0.117. The number of hydrogen-bond acceptors (Lipinski definition) is 6. The van der Waals surface area contributed by atoms with Crippen LogP contribution in [0.3, 0.4) is 0 Å². The number of nitrogens with zero attached hydrogens (tertiary/aromatic N) is 2. The van der Waals surface area contributed by atoms with Gasteiger partial charge in [-0.3, -0.25) is 4.79 Å². The van der Waals surface area contributed by atoms with Crippen LogP contribution in [0, 0.1) is 0 Å². The van der Waals surface area contributed by atoms with Gasteiger partial charge in [0.15, 0.2) is 0 Å². The van der Waals surface area contributed by atoms with Gasteiger partial charge in [0.25, 0.3) is 0 Å². The van der Waals surface area contributed by atoms with Crippen molar-refractivity contribution in [1.29, 1.82) is 0 Å². The van der Waals surface area contributed by atoms with E-state index in [1.54, 1.807) is 0 Å². The number of carbonyl (C=O) groups is 1. The summed E-state index contributed by atoms with van der Waals surface area (Å²) in [6.07, 6.45) is 0.550. The van der Waals surface area contributed by atoms with Gasteiger partial charge in [-0.15, -0.1) is 5.10 Å². The van der Waals surface area contributed by atoms with Crippen molar-refractivity contribution in [1.82, 2.24) is 9.59 Å². The lowest BCUT2D eigenvalue weighted by atomic mass is 9.94. The number of amides is 1. The highest BCUT2D eigenvalue weighted by molar-refractivity contribution is 7.12. The predicted octanol–water partition coefficient (Wildman–Crippen LogP) is 2.25. The molecular weight excluding hydrogens is 324 g/mol. The van der Waals surface area contributed by atoms with E-state index in [1.807, 2.05) is 42.5 Å². The van der Waals surface area contributed by atoms with Crippen LogP contribution in [0.15, 0.2) is 42.5 Å². The van der Waals surface area contributed by atoms with Crippen LogP contribution in [0.5, 0.6) is 0 Å². The van der Waals surface area contributed by atoms with E-state index in [0.29, 0.717) is 18.7 Å². The summed E-state index contributed by atoms with van der Waals surface area (Å²) in [6.45, 7) is 0.397. The molecule has 3 rings (SSSR count). The molecule has 0 spiro atoms. The highest BCUT2D eigenvalue weighted by Gasteiger charge is 2.20. The number of aliphatic hydroxyl groups excluding tert-OH is 1. The number of aliphatic hydroxyl groups is 1. The lowest BCUT2D eigenvalue weighted by Crippen LogP contribution is -2.23. The zero-order valence-electron chi connectivity index (χ0n) is 13.0. The minimum atomic E-state index is -0.335. The Hall–Kier alpha value is -2.35. The third-order valence-corrected chi connectivity index (χ3v) is 4.54. The molecule has 0 bridgehead atoms. The molecule has 1 unspecified atom stereocenters. The number of nitrogens with two attached hydrogens (primary N) is 1. The van der Waals surface area contributed by atoms with E-state index >= 15 is 0 Å². The van der Waals surface area contributed by atoms with Gasteiger partial charge in [-0.1, -0.05) is 28.8 Å². The molecule has 1 heterocycles. The Morgan fingerprint density at radius 1 is 1.25 bits per heavy atom. The van der Waals surface area contributed by atoms with Crippen molar-refractivity contribution in [3.63, 3.8) is 0 Å². The van der Waals surface area contributed by atoms with E-state index in [2.05, 4.69) is 14.9 Å². The Bertz CT molecular complexity index is 832. The average Bonchev–Trinajstić information content (AvgIpc) is 3.07. The fourth-order valence-corrected chi connectivity index (χ4v) is 3.16. The molecule has 1 aromatic heterocycles. The maximum absolute atomic E-state index is 12.7. The first kappa shape index (κ1) is 16.5. The summed E-state index contributed by atoms with van der Waals surface area (Å²) < 4.78 is 4.82. The standard InChI is InChI=1S/C17H18N4O2S/c18-8-7-14(12-3-1-11(10-22)2-4-12)17(23)19-13-5-6-15-16(9-13)24-21-20-15/h1-6,9,14,22H,7-8,10,18H2,(H,19,23). The minimum absolute atomic E-state index is 0.0169. The summed E-state index contributed by atoms with van der Waals surface area (Å²) in [5, 5.41) is 16.1. The second-order valence-corrected chi connectivity index (χ2v) is 6.26. The largest absolute Gasteiger partial charge is 0.392 e. The third-order valence-electron chi connectivity index (χ3n) is 3.85. The lowest BCUT2D eigenvalue weighted by Gasteiger charge is -2.17. The first-order chi connectivity index (χ1) is 11.7. The zero-order chi connectivity index (χ0) is 16.9. The fraction of sp³-hybridized carbons (Fsp3) is 0.235. The molecule has 24 heavy (non-hydrogen) atoms. The molecule has 0 aliphatic carbocycles. The number of anilines is 1. The molecule has 0 aliphatic heterocycles. The molecule has 0 aliphatic rings. The van der Waals surface area contributed by atoms with Gasteiger partial charge in [0.2, 0.25) is 5.91 Å². The van der Waals surface area contributed by atoms with Gasteiger partial charge in [-0.05, 0) is 53.8 Å². The predicted molar refractivity (Wildman–Crippen MR) is 94.8 cm³/mol. The summed E-state index contributed by atoms with van der Waals surface area (Å²) >= 11 is 1.29. The smallest absolute Gasteiger partial charge is 0.231 e. The molecule has 7 heteroatoms. The van der Waals surface area contributed by atoms with Crippen molar-refractivity contribution in [2.75, 3.05) is 11.9 Å². The fourth-order valence-electron chi connectivity index (χ4n) is 2.56. The van der Waals surface area contributed by atoms with E-state index in [0.717, 1.165) is 21.3 Å². The summed E-state index contributed by atoms with van der Waals surface area (Å²) in [6, 6.07) is 12.9. The molecular formula is C17H18N4O2S. The van der Waals surface area contributed by atoms with Crippen LogP contribution in [-0.4, -0.2) is 27.1 Å². The van der Waals surface area contributed by atoms with Crippen LogP contribution in [0.25, 0.3) is 10.2 Å². The third kappa shape index (κ3) is 3.59. The first-order valence-electron chi connectivity index (χ1n) is 7.64. The summed E-state index contributed by atoms with van der Waals surface area (Å²) in [5.41, 5.74) is 8.91. The second-order valence-electron chi connectivity index (χ2n) is 5.47. The van der Waals surface area contributed by atoms with E-state index in [4.69, 9.17) is 10.8 Å².